The van der Waals surface area contributed by atoms with Crippen molar-refractivity contribution in [3.63, 3.8) is 0 Å². The number of nitrogens with zero attached hydrogens (tertiary/aromatic N) is 1. The molecule has 4 heteroatoms. The monoisotopic (exact) mass is 282 g/mol. The zero-order valence-corrected chi connectivity index (χ0v) is 11.8. The molecule has 0 bridgehead atoms. The predicted molar refractivity (Wildman–Crippen MR) is 77.7 cm³/mol. The summed E-state index contributed by atoms with van der Waals surface area (Å²) in [5, 5.41) is 3.93. The molecule has 104 valence electrons. The van der Waals surface area contributed by atoms with Crippen molar-refractivity contribution in [2.45, 2.75) is 32.0 Å². The van der Waals surface area contributed by atoms with Gasteiger partial charge in [0.25, 0.3) is 0 Å². The molecule has 19 heavy (non-hydrogen) atoms. The maximum absolute atomic E-state index is 13.3. The molecule has 1 fully saturated rings. The third-order valence-corrected chi connectivity index (χ3v) is 3.66. The number of benzene rings is 1. The average Bonchev–Trinajstić information content (AvgIpc) is 2.37. The van der Waals surface area contributed by atoms with Gasteiger partial charge in [0.2, 0.25) is 0 Å². The fourth-order valence-corrected chi connectivity index (χ4v) is 2.80. The first-order chi connectivity index (χ1) is 9.19. The van der Waals surface area contributed by atoms with E-state index < -0.39 is 0 Å². The van der Waals surface area contributed by atoms with Crippen molar-refractivity contribution in [2.24, 2.45) is 0 Å². The maximum Gasteiger partial charge on any atom is 0.125 e. The first-order valence-electron chi connectivity index (χ1n) is 6.72. The molecule has 1 aromatic rings. The molecule has 0 aliphatic carbocycles. The van der Waals surface area contributed by atoms with Crippen LogP contribution in [-0.4, -0.2) is 24.2 Å². The Hall–Kier alpha value is -0.900. The Bertz CT molecular complexity index is 416. The minimum atomic E-state index is -0.282. The van der Waals surface area contributed by atoms with Gasteiger partial charge in [0, 0.05) is 18.1 Å². The van der Waals surface area contributed by atoms with Gasteiger partial charge in [-0.1, -0.05) is 17.7 Å². The van der Waals surface area contributed by atoms with Crippen LogP contribution in [0.1, 0.15) is 24.8 Å². The first kappa shape index (κ1) is 14.5. The van der Waals surface area contributed by atoms with Gasteiger partial charge in [-0.2, -0.15) is 0 Å². The van der Waals surface area contributed by atoms with Crippen LogP contribution in [0.3, 0.4) is 0 Å². The summed E-state index contributed by atoms with van der Waals surface area (Å²) < 4.78 is 13.3. The van der Waals surface area contributed by atoms with Crippen LogP contribution in [0.2, 0.25) is 5.02 Å². The van der Waals surface area contributed by atoms with E-state index in [4.69, 9.17) is 11.6 Å². The largest absolute Gasteiger partial charge is 0.298 e. The maximum atomic E-state index is 13.3. The molecule has 0 radical (unpaired) electrons. The molecule has 1 N–H and O–H groups in total. The smallest absolute Gasteiger partial charge is 0.125 e. The third kappa shape index (κ3) is 4.30. The Labute approximate surface area is 119 Å². The highest BCUT2D eigenvalue weighted by Gasteiger charge is 2.20. The topological polar surface area (TPSA) is 15.3 Å². The summed E-state index contributed by atoms with van der Waals surface area (Å²) in [6.07, 6.45) is 5.86. The van der Waals surface area contributed by atoms with Crippen LogP contribution >= 0.6 is 11.6 Å². The fourth-order valence-electron chi connectivity index (χ4n) is 2.56. The number of likely N-dealkylation sites (tertiary alicyclic amines) is 1. The average molecular weight is 283 g/mol. The second-order valence-electron chi connectivity index (χ2n) is 4.95. The number of hydrogen-bond acceptors (Lipinski definition) is 2. The Morgan fingerprint density at radius 2 is 2.26 bits per heavy atom. The zero-order valence-electron chi connectivity index (χ0n) is 11.0. The van der Waals surface area contributed by atoms with Gasteiger partial charge in [-0.15, -0.1) is 6.58 Å². The molecule has 0 spiro atoms. The highest BCUT2D eigenvalue weighted by molar-refractivity contribution is 6.30. The lowest BCUT2D eigenvalue weighted by Gasteiger charge is -2.35. The van der Waals surface area contributed by atoms with Gasteiger partial charge in [-0.25, -0.2) is 4.39 Å². The first-order valence-corrected chi connectivity index (χ1v) is 7.10. The normalized spacial score (nSPS) is 20.4. The van der Waals surface area contributed by atoms with E-state index in [9.17, 15) is 4.39 Å². The number of hydrogen-bond donors (Lipinski definition) is 1. The van der Waals surface area contributed by atoms with Crippen LogP contribution in [0.5, 0.6) is 0 Å². The van der Waals surface area contributed by atoms with Crippen LogP contribution in [0, 0.1) is 5.82 Å². The van der Waals surface area contributed by atoms with Crippen LogP contribution in [-0.2, 0) is 6.54 Å². The summed E-state index contributed by atoms with van der Waals surface area (Å²) in [5.41, 5.74) is 0.883. The second kappa shape index (κ2) is 7.04. The molecule has 0 unspecified atom stereocenters. The van der Waals surface area contributed by atoms with Crippen LogP contribution < -0.4 is 5.32 Å². The fraction of sp³-hybridized carbons (Fsp3) is 0.467. The summed E-state index contributed by atoms with van der Waals surface area (Å²) in [6, 6.07) is 4.66. The molecule has 0 saturated carbocycles. The molecule has 1 saturated heterocycles. The summed E-state index contributed by atoms with van der Waals surface area (Å²) in [4.78, 5) is 2.37. The highest BCUT2D eigenvalue weighted by Crippen LogP contribution is 2.17. The van der Waals surface area contributed by atoms with Crippen molar-refractivity contribution in [3.8, 4) is 0 Å². The zero-order chi connectivity index (χ0) is 13.7. The molecule has 1 heterocycles. The highest BCUT2D eigenvalue weighted by atomic mass is 35.5. The van der Waals surface area contributed by atoms with E-state index in [1.807, 2.05) is 6.08 Å². The van der Waals surface area contributed by atoms with Crippen molar-refractivity contribution in [1.29, 1.82) is 0 Å². The molecule has 2 nitrogen and oxygen atoms in total. The number of piperidine rings is 1. The van der Waals surface area contributed by atoms with E-state index in [1.165, 1.54) is 25.0 Å². The Balaban J connectivity index is 1.94. The SMILES string of the molecule is C=CCN1CCCC[C@H]1NCc1cc(F)cc(Cl)c1. The van der Waals surface area contributed by atoms with Gasteiger partial charge >= 0.3 is 0 Å². The van der Waals surface area contributed by atoms with E-state index in [0.29, 0.717) is 17.7 Å². The Morgan fingerprint density at radius 1 is 1.42 bits per heavy atom. The van der Waals surface area contributed by atoms with Crippen LogP contribution in [0.15, 0.2) is 30.9 Å². The van der Waals surface area contributed by atoms with Gasteiger partial charge in [-0.05, 0) is 49.6 Å². The molecular formula is C15H20ClFN2. The summed E-state index contributed by atoms with van der Waals surface area (Å²) in [5.74, 6) is -0.282. The molecular weight excluding hydrogens is 263 g/mol. The van der Waals surface area contributed by atoms with Gasteiger partial charge in [0.15, 0.2) is 0 Å². The van der Waals surface area contributed by atoms with Crippen LogP contribution in [0.25, 0.3) is 0 Å². The summed E-state index contributed by atoms with van der Waals surface area (Å²) in [7, 11) is 0. The van der Waals surface area contributed by atoms with Crippen molar-refractivity contribution in [2.75, 3.05) is 13.1 Å². The lowest BCUT2D eigenvalue weighted by molar-refractivity contribution is 0.134. The lowest BCUT2D eigenvalue weighted by Crippen LogP contribution is -2.48. The molecule has 0 amide bonds. The van der Waals surface area contributed by atoms with Gasteiger partial charge in [-0.3, -0.25) is 10.2 Å². The van der Waals surface area contributed by atoms with Crippen molar-refractivity contribution >= 4 is 11.6 Å². The van der Waals surface area contributed by atoms with Gasteiger partial charge < -0.3 is 0 Å². The summed E-state index contributed by atoms with van der Waals surface area (Å²) >= 11 is 5.86. The predicted octanol–water partition coefficient (Wildman–Crippen LogP) is 3.57. The molecule has 1 aliphatic rings. The van der Waals surface area contributed by atoms with Crippen molar-refractivity contribution in [1.82, 2.24) is 10.2 Å². The summed E-state index contributed by atoms with van der Waals surface area (Å²) in [6.45, 7) is 6.41. The second-order valence-corrected chi connectivity index (χ2v) is 5.39. The molecule has 1 atom stereocenters. The van der Waals surface area contributed by atoms with Crippen molar-refractivity contribution in [3.05, 3.63) is 47.3 Å². The molecule has 1 aromatic carbocycles. The van der Waals surface area contributed by atoms with Gasteiger partial charge in [0.05, 0.1) is 6.17 Å². The standard InChI is InChI=1S/C15H20ClFN2/c1-2-6-19-7-4-3-5-15(19)18-11-12-8-13(16)10-14(17)9-12/h2,8-10,15,18H,1,3-7,11H2/t15-/m0/s1. The minimum Gasteiger partial charge on any atom is -0.298 e. The van der Waals surface area contributed by atoms with E-state index >= 15 is 0 Å². The van der Waals surface area contributed by atoms with E-state index in [-0.39, 0.29) is 5.82 Å². The number of halogens is 2. The number of nitrogens with one attached hydrogen (secondary N) is 1. The van der Waals surface area contributed by atoms with E-state index in [1.54, 1.807) is 6.07 Å². The Kier molecular flexibility index (Phi) is 5.37. The third-order valence-electron chi connectivity index (χ3n) is 3.44. The van der Waals surface area contributed by atoms with Crippen molar-refractivity contribution < 1.29 is 4.39 Å². The quantitative estimate of drug-likeness (QED) is 0.831. The molecule has 1 aliphatic heterocycles. The lowest BCUT2D eigenvalue weighted by atomic mass is 10.1. The molecule has 0 aromatic heterocycles. The van der Waals surface area contributed by atoms with Crippen LogP contribution in [0.4, 0.5) is 4.39 Å². The number of rotatable bonds is 5. The van der Waals surface area contributed by atoms with E-state index in [2.05, 4.69) is 16.8 Å². The van der Waals surface area contributed by atoms with E-state index in [0.717, 1.165) is 25.1 Å². The Morgan fingerprint density at radius 3 is 3.00 bits per heavy atom. The molecule has 2 rings (SSSR count). The van der Waals surface area contributed by atoms with Gasteiger partial charge in [0.1, 0.15) is 5.82 Å². The minimum absolute atomic E-state index is 0.282.